The molecule has 0 aliphatic carbocycles. The van der Waals surface area contributed by atoms with Crippen LogP contribution < -0.4 is 5.32 Å². The summed E-state index contributed by atoms with van der Waals surface area (Å²) in [6, 6.07) is 10.2. The number of pyridine rings is 1. The van der Waals surface area contributed by atoms with Crippen molar-refractivity contribution in [3.63, 3.8) is 0 Å². The van der Waals surface area contributed by atoms with Crippen LogP contribution in [0.3, 0.4) is 0 Å². The van der Waals surface area contributed by atoms with Crippen LogP contribution in [0.1, 0.15) is 5.56 Å². The largest absolute Gasteiger partial charge is 0.497 e. The molecule has 0 radical (unpaired) electrons. The van der Waals surface area contributed by atoms with Gasteiger partial charge in [-0.25, -0.2) is 4.98 Å². The quantitative estimate of drug-likeness (QED) is 0.358. The Labute approximate surface area is 187 Å². The Hall–Kier alpha value is -4.17. The number of nitrogens with zero attached hydrogens (tertiary/aromatic N) is 3. The third-order valence-electron chi connectivity index (χ3n) is 5.43. The lowest BCUT2D eigenvalue weighted by molar-refractivity contribution is 0.307. The van der Waals surface area contributed by atoms with Gasteiger partial charge < -0.3 is 15.0 Å². The minimum atomic E-state index is 0.704. The second kappa shape index (κ2) is 7.51. The van der Waals surface area contributed by atoms with Gasteiger partial charge in [0.2, 0.25) is 0 Å². The fourth-order valence-corrected chi connectivity index (χ4v) is 4.48. The second-order valence-electron chi connectivity index (χ2n) is 7.34. The number of fused-ring (bicyclic) bond motifs is 2. The number of benzene rings is 1. The third kappa shape index (κ3) is 3.09. The van der Waals surface area contributed by atoms with E-state index >= 15 is 0 Å². The Kier molecular flexibility index (Phi) is 4.36. The average Bonchev–Trinajstić information content (AvgIpc) is 3.54. The minimum Gasteiger partial charge on any atom is -0.497 e. The topological polar surface area (TPSA) is 91.5 Å². The number of hydrogen-bond acceptors (Lipinski definition) is 6. The lowest BCUT2D eigenvalue weighted by Crippen LogP contribution is -1.92. The van der Waals surface area contributed by atoms with Gasteiger partial charge in [-0.1, -0.05) is 6.07 Å². The summed E-state index contributed by atoms with van der Waals surface area (Å²) in [5.41, 5.74) is 7.46. The monoisotopic (exact) mass is 438 g/mol. The molecule has 156 valence electrons. The van der Waals surface area contributed by atoms with Crippen molar-refractivity contribution < 1.29 is 4.74 Å². The molecule has 7 nitrogen and oxygen atoms in total. The highest BCUT2D eigenvalue weighted by Crippen LogP contribution is 2.32. The molecule has 0 saturated carbocycles. The molecule has 4 aromatic heterocycles. The molecule has 3 N–H and O–H groups in total. The number of ether oxygens (including phenoxy) is 1. The molecule has 0 unspecified atom stereocenters. The third-order valence-corrected chi connectivity index (χ3v) is 6.12. The predicted octanol–water partition coefficient (Wildman–Crippen LogP) is 5.22. The zero-order valence-corrected chi connectivity index (χ0v) is 17.9. The number of aromatic nitrogens is 5. The van der Waals surface area contributed by atoms with Crippen LogP contribution in [-0.4, -0.2) is 32.3 Å². The summed E-state index contributed by atoms with van der Waals surface area (Å²) in [6.07, 6.45) is 9.48. The maximum absolute atomic E-state index is 5.42. The molecule has 6 rings (SSSR count). The molecule has 0 spiro atoms. The zero-order valence-electron chi connectivity index (χ0n) is 17.1. The highest BCUT2D eigenvalue weighted by atomic mass is 32.1. The zero-order chi connectivity index (χ0) is 21.5. The van der Waals surface area contributed by atoms with E-state index in [-0.39, 0.29) is 0 Å². The van der Waals surface area contributed by atoms with Crippen molar-refractivity contribution >= 4 is 38.8 Å². The molecule has 1 aliphatic heterocycles. The van der Waals surface area contributed by atoms with Crippen molar-refractivity contribution in [3.8, 4) is 22.8 Å². The van der Waals surface area contributed by atoms with E-state index < -0.39 is 0 Å². The summed E-state index contributed by atoms with van der Waals surface area (Å²) in [4.78, 5) is 12.9. The van der Waals surface area contributed by atoms with Gasteiger partial charge in [-0.2, -0.15) is 16.4 Å². The van der Waals surface area contributed by atoms with Gasteiger partial charge in [-0.3, -0.25) is 10.1 Å². The van der Waals surface area contributed by atoms with E-state index in [4.69, 9.17) is 9.72 Å². The molecule has 0 fully saturated rings. The number of rotatable bonds is 4. The number of allylic oxidation sites excluding steroid dienone is 3. The normalized spacial score (nSPS) is 13.7. The van der Waals surface area contributed by atoms with Gasteiger partial charge in [0.25, 0.3) is 0 Å². The molecule has 32 heavy (non-hydrogen) atoms. The number of methoxy groups -OCH3 is 1. The van der Waals surface area contributed by atoms with Crippen LogP contribution in [0.2, 0.25) is 0 Å². The first-order valence-corrected chi connectivity index (χ1v) is 11.0. The van der Waals surface area contributed by atoms with Crippen LogP contribution in [0.4, 0.5) is 0 Å². The molecule has 0 saturated heterocycles. The van der Waals surface area contributed by atoms with E-state index in [1.165, 1.54) is 0 Å². The van der Waals surface area contributed by atoms with Crippen molar-refractivity contribution in [3.05, 3.63) is 83.2 Å². The van der Waals surface area contributed by atoms with Crippen LogP contribution in [0.25, 0.3) is 50.3 Å². The molecular formula is C24H18N6OS. The lowest BCUT2D eigenvalue weighted by Gasteiger charge is -2.05. The van der Waals surface area contributed by atoms with Crippen LogP contribution in [0.5, 0.6) is 0 Å². The fourth-order valence-electron chi connectivity index (χ4n) is 3.84. The standard InChI is InChI=1S/C24H18N6OS/c1-31-17-4-7-25-12-16(10-17)14-2-3-19-18(11-14)22(30-29-19)24-27-20-5-8-26-21(23(20)28-24)15-6-9-32-13-15/h2-13,25H,1H3,(H,27,28)(H,29,30). The number of imidazole rings is 1. The minimum absolute atomic E-state index is 0.704. The molecule has 5 aromatic rings. The second-order valence-corrected chi connectivity index (χ2v) is 8.12. The fraction of sp³-hybridized carbons (Fsp3) is 0.0417. The number of H-pyrrole nitrogens is 2. The first kappa shape index (κ1) is 18.6. The SMILES string of the molecule is COC1=CC(c2ccc3[nH]nc(-c4nc5c(-c6ccsc6)nccc5[nH]4)c3c2)=CNC=C1. The van der Waals surface area contributed by atoms with Crippen LogP contribution in [0.15, 0.2) is 77.6 Å². The van der Waals surface area contributed by atoms with Crippen molar-refractivity contribution in [1.82, 2.24) is 30.5 Å². The number of thiophene rings is 1. The summed E-state index contributed by atoms with van der Waals surface area (Å²) in [5, 5.41) is 16.0. The lowest BCUT2D eigenvalue weighted by atomic mass is 10.0. The summed E-state index contributed by atoms with van der Waals surface area (Å²) >= 11 is 1.64. The Bertz CT molecular complexity index is 1540. The molecule has 1 aromatic carbocycles. The number of aromatic amines is 2. The summed E-state index contributed by atoms with van der Waals surface area (Å²) in [7, 11) is 1.66. The van der Waals surface area contributed by atoms with Crippen LogP contribution >= 0.6 is 11.3 Å². The van der Waals surface area contributed by atoms with Gasteiger partial charge in [0.05, 0.1) is 23.8 Å². The van der Waals surface area contributed by atoms with Gasteiger partial charge in [0.15, 0.2) is 5.82 Å². The maximum Gasteiger partial charge on any atom is 0.159 e. The van der Waals surface area contributed by atoms with E-state index in [0.717, 1.165) is 55.8 Å². The summed E-state index contributed by atoms with van der Waals surface area (Å²) in [6.45, 7) is 0. The van der Waals surface area contributed by atoms with Gasteiger partial charge in [0.1, 0.15) is 17.0 Å². The molecule has 1 aliphatic rings. The molecule has 0 bridgehead atoms. The Morgan fingerprint density at radius 3 is 2.88 bits per heavy atom. The highest BCUT2D eigenvalue weighted by molar-refractivity contribution is 7.08. The van der Waals surface area contributed by atoms with E-state index in [9.17, 15) is 0 Å². The Morgan fingerprint density at radius 1 is 1.03 bits per heavy atom. The average molecular weight is 439 g/mol. The smallest absolute Gasteiger partial charge is 0.159 e. The number of nitrogens with one attached hydrogen (secondary N) is 3. The first-order valence-electron chi connectivity index (χ1n) is 10.0. The van der Waals surface area contributed by atoms with Crippen LogP contribution in [-0.2, 0) is 4.74 Å². The summed E-state index contributed by atoms with van der Waals surface area (Å²) < 4.78 is 5.42. The van der Waals surface area contributed by atoms with Crippen molar-refractivity contribution in [2.45, 2.75) is 0 Å². The Balaban J connectivity index is 1.48. The molecule has 8 heteroatoms. The Morgan fingerprint density at radius 2 is 2.00 bits per heavy atom. The van der Waals surface area contributed by atoms with Crippen molar-refractivity contribution in [2.24, 2.45) is 0 Å². The predicted molar refractivity (Wildman–Crippen MR) is 128 cm³/mol. The van der Waals surface area contributed by atoms with E-state index in [1.54, 1.807) is 24.6 Å². The molecule has 0 amide bonds. The molecule has 0 atom stereocenters. The van der Waals surface area contributed by atoms with Crippen molar-refractivity contribution in [2.75, 3.05) is 7.11 Å². The number of hydrogen-bond donors (Lipinski definition) is 3. The van der Waals surface area contributed by atoms with E-state index in [1.807, 2.05) is 42.1 Å². The van der Waals surface area contributed by atoms with Gasteiger partial charge in [0, 0.05) is 40.5 Å². The molecular weight excluding hydrogens is 420 g/mol. The maximum atomic E-state index is 5.42. The highest BCUT2D eigenvalue weighted by Gasteiger charge is 2.17. The molecule has 5 heterocycles. The van der Waals surface area contributed by atoms with Crippen molar-refractivity contribution in [1.29, 1.82) is 0 Å². The summed E-state index contributed by atoms with van der Waals surface area (Å²) in [5.74, 6) is 1.48. The van der Waals surface area contributed by atoms with E-state index in [0.29, 0.717) is 5.82 Å². The van der Waals surface area contributed by atoms with E-state index in [2.05, 4.69) is 49.1 Å². The first-order chi connectivity index (χ1) is 15.8. The van der Waals surface area contributed by atoms with Crippen LogP contribution in [0, 0.1) is 0 Å². The van der Waals surface area contributed by atoms with Gasteiger partial charge in [-0.15, -0.1) is 0 Å². The van der Waals surface area contributed by atoms with Gasteiger partial charge >= 0.3 is 0 Å². The van der Waals surface area contributed by atoms with Gasteiger partial charge in [-0.05, 0) is 47.4 Å².